The molecule has 1 rings (SSSR count). The average Bonchev–Trinajstić information content (AvgIpc) is 1.44. The maximum absolute atomic E-state index is 10.4. The zero-order chi connectivity index (χ0) is 9.62. The summed E-state index contributed by atoms with van der Waals surface area (Å²) in [7, 11) is 0. The van der Waals surface area contributed by atoms with E-state index in [1.54, 1.807) is 0 Å². The molecule has 1 fully saturated rings. The monoisotopic (exact) mass is 438 g/mol. The van der Waals surface area contributed by atoms with E-state index in [1.807, 2.05) is 0 Å². The van der Waals surface area contributed by atoms with Crippen LogP contribution >= 0.6 is 0 Å². The number of hydrogen-bond acceptors (Lipinski definition) is 9. The summed E-state index contributed by atoms with van der Waals surface area (Å²) in [6, 6.07) is 0. The van der Waals surface area contributed by atoms with Crippen LogP contribution in [0.1, 0.15) is 0 Å². The van der Waals surface area contributed by atoms with Crippen molar-refractivity contribution in [1.29, 1.82) is 0 Å². The molecule has 0 aromatic heterocycles. The van der Waals surface area contributed by atoms with Crippen LogP contribution in [0.3, 0.4) is 0 Å². The van der Waals surface area contributed by atoms with Crippen molar-refractivity contribution in [1.82, 2.24) is 0 Å². The molecule has 1 aliphatic heterocycles. The fraction of sp³-hybridized carbons (Fsp3) is 0. The molecule has 12 heteroatoms. The van der Waals surface area contributed by atoms with Crippen molar-refractivity contribution >= 4 is 0 Å². The quantitative estimate of drug-likeness (QED) is 0.446. The molecule has 1 aliphatic rings. The van der Waals surface area contributed by atoms with Gasteiger partial charge in [-0.3, -0.25) is 0 Å². The number of hydrogen-bond donors (Lipinski definition) is 0. The molecule has 0 saturated carbocycles. The van der Waals surface area contributed by atoms with Crippen molar-refractivity contribution in [3.05, 3.63) is 0 Å². The molecule has 0 aliphatic carbocycles. The van der Waals surface area contributed by atoms with E-state index in [9.17, 15) is 20.4 Å². The van der Waals surface area contributed by atoms with Crippen molar-refractivity contribution in [3.8, 4) is 0 Å². The maximum atomic E-state index is 10.4. The van der Waals surface area contributed by atoms with Gasteiger partial charge in [0, 0.05) is 0 Å². The SMILES string of the molecule is [O]=[Mo]1(=[O])[O][Mo](=[O])(=[O])[O][Mo](=[O])(=[O])[O]1. The van der Waals surface area contributed by atoms with Crippen LogP contribution in [0.2, 0.25) is 0 Å². The fourth-order valence-corrected chi connectivity index (χ4v) is 17.8. The van der Waals surface area contributed by atoms with Gasteiger partial charge in [0.05, 0.1) is 0 Å². The van der Waals surface area contributed by atoms with Crippen molar-refractivity contribution in [2.24, 2.45) is 0 Å². The molecule has 0 bridgehead atoms. The van der Waals surface area contributed by atoms with Crippen LogP contribution in [0.5, 0.6) is 0 Å². The summed E-state index contributed by atoms with van der Waals surface area (Å²) in [5, 5.41) is 0. The Labute approximate surface area is 76.1 Å². The van der Waals surface area contributed by atoms with Crippen molar-refractivity contribution in [2.45, 2.75) is 0 Å². The Hall–Kier alpha value is 0.745. The molecule has 0 aromatic rings. The zero-order valence-corrected chi connectivity index (χ0v) is 10.9. The first-order valence-corrected chi connectivity index (χ1v) is 11.8. The first-order chi connectivity index (χ1) is 5.12. The molecule has 0 amide bonds. The van der Waals surface area contributed by atoms with Gasteiger partial charge in [-0.2, -0.15) is 0 Å². The molecule has 0 aromatic carbocycles. The third-order valence-electron chi connectivity index (χ3n) is 0.500. The van der Waals surface area contributed by atoms with E-state index in [0.717, 1.165) is 0 Å². The Morgan fingerprint density at radius 3 is 0.833 bits per heavy atom. The summed E-state index contributed by atoms with van der Waals surface area (Å²) in [4.78, 5) is 0. The zero-order valence-electron chi connectivity index (χ0n) is 4.90. The van der Waals surface area contributed by atoms with E-state index >= 15 is 0 Å². The van der Waals surface area contributed by atoms with Gasteiger partial charge in [0.2, 0.25) is 0 Å². The molecule has 9 nitrogen and oxygen atoms in total. The Morgan fingerprint density at radius 2 is 0.667 bits per heavy atom. The van der Waals surface area contributed by atoms with E-state index in [0.29, 0.717) is 0 Å². The van der Waals surface area contributed by atoms with Crippen LogP contribution in [0, 0.1) is 0 Å². The minimum atomic E-state index is -6.09. The van der Waals surface area contributed by atoms with E-state index in [1.165, 1.54) is 0 Å². The Morgan fingerprint density at radius 1 is 0.500 bits per heavy atom. The first-order valence-electron chi connectivity index (χ1n) is 2.00. The molecule has 0 spiro atoms. The van der Waals surface area contributed by atoms with Crippen molar-refractivity contribution < 1.29 is 76.8 Å². The van der Waals surface area contributed by atoms with Crippen molar-refractivity contribution in [3.63, 3.8) is 0 Å². The van der Waals surface area contributed by atoms with Crippen LogP contribution in [0.4, 0.5) is 0 Å². The summed E-state index contributed by atoms with van der Waals surface area (Å²) in [5.41, 5.74) is 0. The van der Waals surface area contributed by atoms with Gasteiger partial charge in [-0.05, 0) is 0 Å². The van der Waals surface area contributed by atoms with E-state index in [-0.39, 0.29) is 0 Å². The summed E-state index contributed by atoms with van der Waals surface area (Å²) < 4.78 is 72.2. The molecule has 0 radical (unpaired) electrons. The third-order valence-corrected chi connectivity index (χ3v) is 17.5. The van der Waals surface area contributed by atoms with Gasteiger partial charge in [0.1, 0.15) is 0 Å². The predicted molar refractivity (Wildman–Crippen MR) is 7.37 cm³/mol. The van der Waals surface area contributed by atoms with Crippen LogP contribution < -0.4 is 0 Å². The van der Waals surface area contributed by atoms with Gasteiger partial charge in [0.15, 0.2) is 0 Å². The van der Waals surface area contributed by atoms with Crippen LogP contribution in [-0.2, 0) is 76.8 Å². The van der Waals surface area contributed by atoms with Gasteiger partial charge in [0.25, 0.3) is 0 Å². The summed E-state index contributed by atoms with van der Waals surface area (Å²) >= 11 is -18.3. The van der Waals surface area contributed by atoms with Crippen LogP contribution in [0.25, 0.3) is 0 Å². The Bertz CT molecular complexity index is 368. The fourth-order valence-electron chi connectivity index (χ4n) is 0.340. The minimum absolute atomic E-state index is 3.36. The summed E-state index contributed by atoms with van der Waals surface area (Å²) in [6.07, 6.45) is 0. The summed E-state index contributed by atoms with van der Waals surface area (Å²) in [5.74, 6) is 0. The molecular weight excluding hydrogens is 432 g/mol. The van der Waals surface area contributed by atoms with Gasteiger partial charge in [-0.1, -0.05) is 0 Å². The van der Waals surface area contributed by atoms with E-state index < -0.39 is 50.2 Å². The predicted octanol–water partition coefficient (Wildman–Crippen LogP) is -0.925. The second-order valence-electron chi connectivity index (χ2n) is 1.43. The Balaban J connectivity index is 3.33. The third kappa shape index (κ3) is 2.90. The number of rotatable bonds is 0. The van der Waals surface area contributed by atoms with E-state index in [4.69, 9.17) is 0 Å². The average molecular weight is 432 g/mol. The molecule has 1 heterocycles. The van der Waals surface area contributed by atoms with E-state index in [2.05, 4.69) is 6.13 Å². The molecule has 72 valence electrons. The van der Waals surface area contributed by atoms with Gasteiger partial charge >= 0.3 is 76.8 Å². The molecule has 0 atom stereocenters. The van der Waals surface area contributed by atoms with Crippen LogP contribution in [0.15, 0.2) is 0 Å². The van der Waals surface area contributed by atoms with Gasteiger partial charge in [-0.25, -0.2) is 0 Å². The van der Waals surface area contributed by atoms with Gasteiger partial charge in [-0.15, -0.1) is 0 Å². The standard InChI is InChI=1S/3Mo.9O. The molecule has 0 N–H and O–H groups in total. The second kappa shape index (κ2) is 2.87. The van der Waals surface area contributed by atoms with Crippen LogP contribution in [-0.4, -0.2) is 0 Å². The van der Waals surface area contributed by atoms with Crippen molar-refractivity contribution in [2.75, 3.05) is 0 Å². The van der Waals surface area contributed by atoms with Gasteiger partial charge < -0.3 is 0 Å². The molecule has 12 heavy (non-hydrogen) atoms. The topological polar surface area (TPSA) is 130 Å². The molecule has 1 saturated heterocycles. The molecule has 0 unspecified atom stereocenters. The molecular formula is Mo3O9. The first kappa shape index (κ1) is 10.8. The Kier molecular flexibility index (Phi) is 2.59. The normalized spacial score (nSPS) is 31.0. The summed E-state index contributed by atoms with van der Waals surface area (Å²) in [6.45, 7) is 0. The second-order valence-corrected chi connectivity index (χ2v) is 14.4.